The number of thiophene rings is 1. The number of hydrogen-bond acceptors (Lipinski definition) is 4. The Balaban J connectivity index is 2.19. The van der Waals surface area contributed by atoms with Crippen LogP contribution >= 0.6 is 11.3 Å². The third-order valence-corrected chi connectivity index (χ3v) is 4.43. The molecule has 0 saturated heterocycles. The van der Waals surface area contributed by atoms with Crippen molar-refractivity contribution in [1.29, 1.82) is 0 Å². The van der Waals surface area contributed by atoms with Crippen LogP contribution in [0.2, 0.25) is 0 Å². The molecule has 3 nitrogen and oxygen atoms in total. The Bertz CT molecular complexity index is 802. The van der Waals surface area contributed by atoms with E-state index < -0.39 is 11.6 Å². The van der Waals surface area contributed by atoms with Crippen molar-refractivity contribution in [3.8, 4) is 5.75 Å². The van der Waals surface area contributed by atoms with Crippen molar-refractivity contribution in [1.82, 2.24) is 0 Å². The van der Waals surface area contributed by atoms with Gasteiger partial charge in [-0.2, -0.15) is 0 Å². The van der Waals surface area contributed by atoms with Gasteiger partial charge >= 0.3 is 0 Å². The monoisotopic (exact) mass is 285 g/mol. The molecule has 1 heterocycles. The molecule has 0 N–H and O–H groups in total. The van der Waals surface area contributed by atoms with Crippen LogP contribution in [0, 0.1) is 0 Å². The second-order valence-corrected chi connectivity index (χ2v) is 6.18. The minimum absolute atomic E-state index is 0.581. The topological polar surface area (TPSA) is 49.4 Å². The smallest absolute Gasteiger partial charge is 0.143 e. The molecule has 0 radical (unpaired) electrons. The number of rotatable bonds is 3. The molecule has 0 aliphatic carbocycles. The molecule has 0 unspecified atom stereocenters. The number of carboxylic acids is 1. The Morgan fingerprint density at radius 2 is 1.80 bits per heavy atom. The third-order valence-electron chi connectivity index (χ3n) is 3.22. The van der Waals surface area contributed by atoms with Crippen LogP contribution in [0.15, 0.2) is 42.5 Å². The molecule has 0 spiro atoms. The number of aliphatic carboxylic acids is 1. The van der Waals surface area contributed by atoms with Crippen LogP contribution in [0.25, 0.3) is 20.2 Å². The van der Waals surface area contributed by atoms with Crippen LogP contribution in [0.5, 0.6) is 5.75 Å². The average Bonchev–Trinajstić information content (AvgIpc) is 2.78. The zero-order valence-electron chi connectivity index (χ0n) is 11.2. The molecule has 0 atom stereocenters. The zero-order valence-corrected chi connectivity index (χ0v) is 12.0. The lowest BCUT2D eigenvalue weighted by atomic mass is 10.1. The van der Waals surface area contributed by atoms with Crippen LogP contribution in [-0.4, -0.2) is 11.6 Å². The predicted molar refractivity (Wildman–Crippen MR) is 79.0 cm³/mol. The van der Waals surface area contributed by atoms with E-state index in [1.54, 1.807) is 17.4 Å². The van der Waals surface area contributed by atoms with E-state index in [4.69, 9.17) is 4.74 Å². The number of hydrogen-bond donors (Lipinski definition) is 0. The lowest BCUT2D eigenvalue weighted by Gasteiger charge is -2.27. The van der Waals surface area contributed by atoms with Gasteiger partial charge in [-0.3, -0.25) is 0 Å². The molecule has 1 aromatic heterocycles. The van der Waals surface area contributed by atoms with Crippen LogP contribution in [0.3, 0.4) is 0 Å². The second kappa shape index (κ2) is 4.49. The van der Waals surface area contributed by atoms with E-state index in [9.17, 15) is 9.90 Å². The molecule has 3 aromatic rings. The summed E-state index contributed by atoms with van der Waals surface area (Å²) in [6, 6.07) is 13.8. The lowest BCUT2D eigenvalue weighted by molar-refractivity contribution is -0.320. The van der Waals surface area contributed by atoms with E-state index in [0.29, 0.717) is 5.75 Å². The van der Waals surface area contributed by atoms with Crippen molar-refractivity contribution in [2.45, 2.75) is 19.4 Å². The van der Waals surface area contributed by atoms with E-state index in [2.05, 4.69) is 6.07 Å². The molecule has 102 valence electrons. The number of fused-ring (bicyclic) bond motifs is 3. The van der Waals surface area contributed by atoms with Gasteiger partial charge in [0.15, 0.2) is 0 Å². The molecular formula is C16H13O3S-. The van der Waals surface area contributed by atoms with Gasteiger partial charge in [0.1, 0.15) is 11.4 Å². The Morgan fingerprint density at radius 3 is 2.55 bits per heavy atom. The summed E-state index contributed by atoms with van der Waals surface area (Å²) in [7, 11) is 0. The Kier molecular flexibility index (Phi) is 2.91. The highest BCUT2D eigenvalue weighted by Crippen LogP contribution is 2.39. The fourth-order valence-corrected chi connectivity index (χ4v) is 3.27. The van der Waals surface area contributed by atoms with Crippen molar-refractivity contribution in [3.63, 3.8) is 0 Å². The first-order valence-corrected chi connectivity index (χ1v) is 7.11. The molecular weight excluding hydrogens is 272 g/mol. The normalized spacial score (nSPS) is 11.9. The van der Waals surface area contributed by atoms with Crippen LogP contribution in [0.1, 0.15) is 13.8 Å². The van der Waals surface area contributed by atoms with Crippen molar-refractivity contribution in [3.05, 3.63) is 42.5 Å². The molecule has 2 aromatic carbocycles. The molecule has 20 heavy (non-hydrogen) atoms. The van der Waals surface area contributed by atoms with Gasteiger partial charge in [0.05, 0.1) is 10.7 Å². The molecule has 0 bridgehead atoms. The first-order valence-electron chi connectivity index (χ1n) is 6.30. The summed E-state index contributed by atoms with van der Waals surface area (Å²) in [6.45, 7) is 2.99. The zero-order chi connectivity index (χ0) is 14.3. The van der Waals surface area contributed by atoms with Gasteiger partial charge in [-0.25, -0.2) is 0 Å². The maximum atomic E-state index is 11.1. The SMILES string of the molecule is CC(C)(Oc1cccc2c1sc1ccccc12)C(=O)[O-]. The van der Waals surface area contributed by atoms with Crippen LogP contribution in [0.4, 0.5) is 0 Å². The maximum absolute atomic E-state index is 11.1. The van der Waals surface area contributed by atoms with Gasteiger partial charge in [0.25, 0.3) is 0 Å². The fourth-order valence-electron chi connectivity index (χ4n) is 2.12. The standard InChI is InChI=1S/C16H14O3S/c1-16(2,15(17)18)19-12-8-5-7-11-10-6-3-4-9-13(10)20-14(11)12/h3-9H,1-2H3,(H,17,18)/p-1. The van der Waals surface area contributed by atoms with Gasteiger partial charge in [-0.1, -0.05) is 30.3 Å². The predicted octanol–water partition coefficient (Wildman–Crippen LogP) is 2.96. The summed E-state index contributed by atoms with van der Waals surface area (Å²) in [5.74, 6) is -0.645. The van der Waals surface area contributed by atoms with Gasteiger partial charge < -0.3 is 14.6 Å². The number of carbonyl (C=O) groups is 1. The highest BCUT2D eigenvalue weighted by atomic mass is 32.1. The summed E-state index contributed by atoms with van der Waals surface area (Å²) in [6.07, 6.45) is 0. The maximum Gasteiger partial charge on any atom is 0.143 e. The molecule has 0 aliphatic heterocycles. The van der Waals surface area contributed by atoms with Crippen LogP contribution in [-0.2, 0) is 4.79 Å². The first kappa shape index (κ1) is 12.9. The molecule has 3 rings (SSSR count). The molecule has 4 heteroatoms. The number of carboxylic acid groups (broad SMARTS) is 1. The summed E-state index contributed by atoms with van der Waals surface area (Å²) < 4.78 is 7.77. The van der Waals surface area contributed by atoms with Gasteiger partial charge in [-0.05, 0) is 26.0 Å². The molecule has 0 saturated carbocycles. The van der Waals surface area contributed by atoms with E-state index in [1.165, 1.54) is 13.8 Å². The van der Waals surface area contributed by atoms with Crippen molar-refractivity contribution in [2.75, 3.05) is 0 Å². The summed E-state index contributed by atoms with van der Waals surface area (Å²) in [5, 5.41) is 13.3. The fraction of sp³-hybridized carbons (Fsp3) is 0.188. The third kappa shape index (κ3) is 2.02. The highest BCUT2D eigenvalue weighted by Gasteiger charge is 2.23. The molecule has 0 amide bonds. The van der Waals surface area contributed by atoms with Crippen LogP contribution < -0.4 is 9.84 Å². The quantitative estimate of drug-likeness (QED) is 0.743. The Labute approximate surface area is 120 Å². The van der Waals surface area contributed by atoms with Crippen molar-refractivity contribution >= 4 is 37.5 Å². The molecule has 0 aliphatic rings. The van der Waals surface area contributed by atoms with Gasteiger partial charge in [-0.15, -0.1) is 11.3 Å². The number of carbonyl (C=O) groups excluding carboxylic acids is 1. The highest BCUT2D eigenvalue weighted by molar-refractivity contribution is 7.26. The van der Waals surface area contributed by atoms with E-state index in [1.807, 2.05) is 30.3 Å². The first-order chi connectivity index (χ1) is 9.49. The largest absolute Gasteiger partial charge is 0.546 e. The Morgan fingerprint density at radius 1 is 1.10 bits per heavy atom. The number of ether oxygens (including phenoxy) is 1. The van der Waals surface area contributed by atoms with Crippen molar-refractivity contribution < 1.29 is 14.6 Å². The van der Waals surface area contributed by atoms with Gasteiger partial charge in [0.2, 0.25) is 0 Å². The van der Waals surface area contributed by atoms with E-state index in [-0.39, 0.29) is 0 Å². The van der Waals surface area contributed by atoms with E-state index >= 15 is 0 Å². The lowest BCUT2D eigenvalue weighted by Crippen LogP contribution is -2.47. The minimum Gasteiger partial charge on any atom is -0.546 e. The minimum atomic E-state index is -1.36. The van der Waals surface area contributed by atoms with E-state index in [0.717, 1.165) is 20.2 Å². The number of benzene rings is 2. The van der Waals surface area contributed by atoms with Gasteiger partial charge in [0, 0.05) is 15.5 Å². The molecule has 0 fully saturated rings. The van der Waals surface area contributed by atoms with Crippen molar-refractivity contribution in [2.24, 2.45) is 0 Å². The summed E-state index contributed by atoms with van der Waals surface area (Å²) in [4.78, 5) is 11.1. The second-order valence-electron chi connectivity index (χ2n) is 5.13. The Hall–Kier alpha value is -2.07. The summed E-state index contributed by atoms with van der Waals surface area (Å²) >= 11 is 1.60. The average molecular weight is 285 g/mol. The summed E-state index contributed by atoms with van der Waals surface area (Å²) in [5.41, 5.74) is -1.36.